The van der Waals surface area contributed by atoms with E-state index in [1.165, 1.54) is 18.5 Å². The third-order valence-corrected chi connectivity index (χ3v) is 2.51. The number of aromatic nitrogens is 2. The molecule has 86 valence electrons. The van der Waals surface area contributed by atoms with Crippen LogP contribution in [0, 0.1) is 6.92 Å². The highest BCUT2D eigenvalue weighted by Gasteiger charge is 2.01. The lowest BCUT2D eigenvalue weighted by Gasteiger charge is -2.07. The van der Waals surface area contributed by atoms with Gasteiger partial charge >= 0.3 is 0 Å². The molecule has 0 spiro atoms. The third kappa shape index (κ3) is 4.47. The van der Waals surface area contributed by atoms with E-state index in [4.69, 9.17) is 0 Å². The van der Waals surface area contributed by atoms with E-state index in [1.54, 1.807) is 0 Å². The van der Waals surface area contributed by atoms with Gasteiger partial charge in [0, 0.05) is 18.8 Å². The summed E-state index contributed by atoms with van der Waals surface area (Å²) in [5.74, 6) is 0. The monoisotopic (exact) mass is 209 g/mol. The average Bonchev–Trinajstić information content (AvgIpc) is 2.44. The van der Waals surface area contributed by atoms with Crippen LogP contribution in [-0.2, 0) is 13.5 Å². The van der Waals surface area contributed by atoms with Crippen molar-refractivity contribution in [2.45, 2.75) is 46.1 Å². The predicted molar refractivity (Wildman–Crippen MR) is 64.0 cm³/mol. The fraction of sp³-hybridized carbons (Fsp3) is 0.750. The van der Waals surface area contributed by atoms with Crippen LogP contribution in [0.1, 0.15) is 38.1 Å². The second kappa shape index (κ2) is 5.91. The van der Waals surface area contributed by atoms with Gasteiger partial charge in [0.25, 0.3) is 0 Å². The molecule has 0 unspecified atom stereocenters. The summed E-state index contributed by atoms with van der Waals surface area (Å²) in [6.07, 6.45) is 3.61. The number of unbranched alkanes of at least 4 members (excludes halogenated alkanes) is 1. The lowest BCUT2D eigenvalue weighted by atomic mass is 10.2. The molecule has 15 heavy (non-hydrogen) atoms. The van der Waals surface area contributed by atoms with Crippen LogP contribution in [0.3, 0.4) is 0 Å². The summed E-state index contributed by atoms with van der Waals surface area (Å²) in [4.78, 5) is 0. The fourth-order valence-electron chi connectivity index (χ4n) is 1.72. The number of nitrogens with one attached hydrogen (secondary N) is 1. The van der Waals surface area contributed by atoms with E-state index in [-0.39, 0.29) is 0 Å². The maximum Gasteiger partial charge on any atom is 0.0596 e. The second-order valence-electron chi connectivity index (χ2n) is 4.47. The predicted octanol–water partition coefficient (Wildman–Crippen LogP) is 2.05. The lowest BCUT2D eigenvalue weighted by molar-refractivity contribution is 0.552. The summed E-state index contributed by atoms with van der Waals surface area (Å²) >= 11 is 0. The number of rotatable bonds is 6. The van der Waals surface area contributed by atoms with Crippen LogP contribution < -0.4 is 5.32 Å². The molecule has 0 fully saturated rings. The van der Waals surface area contributed by atoms with Gasteiger partial charge in [-0.25, -0.2) is 0 Å². The zero-order chi connectivity index (χ0) is 11.3. The van der Waals surface area contributed by atoms with E-state index < -0.39 is 0 Å². The molecule has 0 aliphatic carbocycles. The molecule has 1 aromatic heterocycles. The number of nitrogens with zero attached hydrogens (tertiary/aromatic N) is 2. The van der Waals surface area contributed by atoms with Gasteiger partial charge in [-0.15, -0.1) is 0 Å². The van der Waals surface area contributed by atoms with Crippen molar-refractivity contribution in [3.05, 3.63) is 17.5 Å². The smallest absolute Gasteiger partial charge is 0.0596 e. The van der Waals surface area contributed by atoms with Gasteiger partial charge in [-0.1, -0.05) is 13.8 Å². The number of hydrogen-bond acceptors (Lipinski definition) is 2. The van der Waals surface area contributed by atoms with Gasteiger partial charge in [0.05, 0.1) is 5.69 Å². The first-order chi connectivity index (χ1) is 7.09. The van der Waals surface area contributed by atoms with Crippen LogP contribution in [0.5, 0.6) is 0 Å². The highest BCUT2D eigenvalue weighted by Crippen LogP contribution is 2.06. The van der Waals surface area contributed by atoms with Crippen molar-refractivity contribution in [2.24, 2.45) is 7.05 Å². The van der Waals surface area contributed by atoms with Gasteiger partial charge in [0.1, 0.15) is 0 Å². The molecule has 1 heterocycles. The molecule has 0 saturated carbocycles. The summed E-state index contributed by atoms with van der Waals surface area (Å²) in [7, 11) is 2.02. The Kier molecular flexibility index (Phi) is 4.82. The molecule has 0 aliphatic heterocycles. The molecule has 1 aromatic rings. The quantitative estimate of drug-likeness (QED) is 0.727. The van der Waals surface area contributed by atoms with E-state index in [0.29, 0.717) is 6.04 Å². The zero-order valence-corrected chi connectivity index (χ0v) is 10.4. The maximum absolute atomic E-state index is 4.34. The van der Waals surface area contributed by atoms with Gasteiger partial charge in [-0.05, 0) is 38.8 Å². The molecular weight excluding hydrogens is 186 g/mol. The summed E-state index contributed by atoms with van der Waals surface area (Å²) in [6.45, 7) is 7.53. The molecule has 0 bridgehead atoms. The Bertz CT molecular complexity index is 289. The fourth-order valence-corrected chi connectivity index (χ4v) is 1.72. The maximum atomic E-state index is 4.34. The zero-order valence-electron chi connectivity index (χ0n) is 10.4. The lowest BCUT2D eigenvalue weighted by Crippen LogP contribution is -2.23. The molecule has 0 aliphatic rings. The topological polar surface area (TPSA) is 29.9 Å². The highest BCUT2D eigenvalue weighted by atomic mass is 15.3. The summed E-state index contributed by atoms with van der Waals surface area (Å²) < 4.78 is 1.99. The minimum absolute atomic E-state index is 0.601. The normalized spacial score (nSPS) is 11.3. The number of hydrogen-bond donors (Lipinski definition) is 1. The standard InChI is InChI=1S/C12H23N3/c1-10(2)13-8-6-5-7-12-9-11(3)14-15(12)4/h9-10,13H,5-8H2,1-4H3. The van der Waals surface area contributed by atoms with Crippen molar-refractivity contribution in [3.8, 4) is 0 Å². The molecule has 0 radical (unpaired) electrons. The van der Waals surface area contributed by atoms with Gasteiger partial charge in [-0.3, -0.25) is 4.68 Å². The SMILES string of the molecule is Cc1cc(CCCCNC(C)C)n(C)n1. The van der Waals surface area contributed by atoms with Crippen LogP contribution in [0.25, 0.3) is 0 Å². The van der Waals surface area contributed by atoms with Crippen molar-refractivity contribution < 1.29 is 0 Å². The van der Waals surface area contributed by atoms with Crippen molar-refractivity contribution in [1.29, 1.82) is 0 Å². The molecule has 0 saturated heterocycles. The first kappa shape index (κ1) is 12.2. The van der Waals surface area contributed by atoms with E-state index in [2.05, 4.69) is 30.3 Å². The van der Waals surface area contributed by atoms with Crippen molar-refractivity contribution >= 4 is 0 Å². The van der Waals surface area contributed by atoms with Crippen LogP contribution in [0.15, 0.2) is 6.07 Å². The first-order valence-electron chi connectivity index (χ1n) is 5.82. The molecule has 1 rings (SSSR count). The van der Waals surface area contributed by atoms with Crippen molar-refractivity contribution in [2.75, 3.05) is 6.54 Å². The molecule has 3 heteroatoms. The first-order valence-corrected chi connectivity index (χ1v) is 5.82. The van der Waals surface area contributed by atoms with E-state index >= 15 is 0 Å². The Morgan fingerprint density at radius 3 is 2.67 bits per heavy atom. The minimum Gasteiger partial charge on any atom is -0.315 e. The summed E-state index contributed by atoms with van der Waals surface area (Å²) in [6, 6.07) is 2.78. The Morgan fingerprint density at radius 1 is 1.40 bits per heavy atom. The van der Waals surface area contributed by atoms with Crippen LogP contribution in [-0.4, -0.2) is 22.4 Å². The molecule has 0 atom stereocenters. The summed E-state index contributed by atoms with van der Waals surface area (Å²) in [5, 5.41) is 7.77. The second-order valence-corrected chi connectivity index (χ2v) is 4.47. The van der Waals surface area contributed by atoms with Crippen molar-refractivity contribution in [3.63, 3.8) is 0 Å². The van der Waals surface area contributed by atoms with Crippen molar-refractivity contribution in [1.82, 2.24) is 15.1 Å². The van der Waals surface area contributed by atoms with Crippen LogP contribution in [0.4, 0.5) is 0 Å². The van der Waals surface area contributed by atoms with Gasteiger partial charge in [-0.2, -0.15) is 5.10 Å². The Hall–Kier alpha value is -0.830. The van der Waals surface area contributed by atoms with E-state index in [9.17, 15) is 0 Å². The molecule has 1 N–H and O–H groups in total. The van der Waals surface area contributed by atoms with E-state index in [1.807, 2.05) is 18.7 Å². The Labute approximate surface area is 92.9 Å². The highest BCUT2D eigenvalue weighted by molar-refractivity contribution is 5.08. The number of aryl methyl sites for hydroxylation is 3. The Morgan fingerprint density at radius 2 is 2.13 bits per heavy atom. The average molecular weight is 209 g/mol. The molecule has 0 amide bonds. The molecule has 3 nitrogen and oxygen atoms in total. The van der Waals surface area contributed by atoms with Crippen LogP contribution in [0.2, 0.25) is 0 Å². The van der Waals surface area contributed by atoms with Gasteiger partial charge in [0.15, 0.2) is 0 Å². The van der Waals surface area contributed by atoms with Gasteiger partial charge in [0.2, 0.25) is 0 Å². The summed E-state index contributed by atoms with van der Waals surface area (Å²) in [5.41, 5.74) is 2.46. The molecular formula is C12H23N3. The third-order valence-electron chi connectivity index (χ3n) is 2.51. The van der Waals surface area contributed by atoms with Gasteiger partial charge < -0.3 is 5.32 Å². The van der Waals surface area contributed by atoms with Crippen LogP contribution >= 0.6 is 0 Å². The largest absolute Gasteiger partial charge is 0.315 e. The van der Waals surface area contributed by atoms with E-state index in [0.717, 1.165) is 18.7 Å². The molecule has 0 aromatic carbocycles. The Balaban J connectivity index is 2.17. The minimum atomic E-state index is 0.601.